The first kappa shape index (κ1) is 18.1. The highest BCUT2D eigenvalue weighted by molar-refractivity contribution is 5.94. The number of aromatic nitrogens is 3. The van der Waals surface area contributed by atoms with E-state index in [1.54, 1.807) is 24.5 Å². The van der Waals surface area contributed by atoms with E-state index in [0.717, 1.165) is 50.6 Å². The zero-order valence-corrected chi connectivity index (χ0v) is 15.6. The lowest BCUT2D eigenvalue weighted by Crippen LogP contribution is -2.45. The largest absolute Gasteiger partial charge is 0.339 e. The fourth-order valence-electron chi connectivity index (χ4n) is 4.06. The molecule has 0 bridgehead atoms. The number of rotatable bonds is 6. The van der Waals surface area contributed by atoms with Gasteiger partial charge in [0, 0.05) is 56.0 Å². The van der Waals surface area contributed by atoms with Crippen LogP contribution in [0.15, 0.2) is 29.0 Å². The molecule has 7 nitrogen and oxygen atoms in total. The summed E-state index contributed by atoms with van der Waals surface area (Å²) < 4.78 is 5.44. The predicted octanol–water partition coefficient (Wildman–Crippen LogP) is 2.56. The molecule has 0 atom stereocenters. The van der Waals surface area contributed by atoms with Gasteiger partial charge in [0.1, 0.15) is 0 Å². The number of nitrogens with one attached hydrogen (secondary N) is 1. The molecule has 2 aliphatic rings. The topological polar surface area (TPSA) is 84.2 Å². The van der Waals surface area contributed by atoms with Crippen molar-refractivity contribution in [2.75, 3.05) is 19.6 Å². The van der Waals surface area contributed by atoms with Gasteiger partial charge in [0.15, 0.2) is 5.82 Å². The highest BCUT2D eigenvalue weighted by atomic mass is 16.5. The maximum Gasteiger partial charge on any atom is 0.253 e. The molecule has 144 valence electrons. The van der Waals surface area contributed by atoms with Crippen molar-refractivity contribution in [3.63, 3.8) is 0 Å². The third-order valence-corrected chi connectivity index (χ3v) is 5.68. The van der Waals surface area contributed by atoms with Crippen molar-refractivity contribution in [1.82, 2.24) is 25.3 Å². The van der Waals surface area contributed by atoms with E-state index in [9.17, 15) is 4.79 Å². The first-order chi connectivity index (χ1) is 13.3. The molecule has 2 aromatic rings. The van der Waals surface area contributed by atoms with E-state index in [1.807, 2.05) is 4.90 Å². The average Bonchev–Trinajstić information content (AvgIpc) is 3.40. The summed E-state index contributed by atoms with van der Waals surface area (Å²) in [5.74, 6) is 2.20. The molecule has 1 aliphatic heterocycles. The Hall–Kier alpha value is -2.28. The Labute approximate surface area is 159 Å². The summed E-state index contributed by atoms with van der Waals surface area (Å²) in [5.41, 5.74) is 0.714. The summed E-state index contributed by atoms with van der Waals surface area (Å²) in [6, 6.07) is 3.99. The summed E-state index contributed by atoms with van der Waals surface area (Å²) in [5, 5.41) is 7.71. The second kappa shape index (κ2) is 8.61. The molecule has 27 heavy (non-hydrogen) atoms. The molecule has 1 saturated carbocycles. The molecular weight excluding hydrogens is 342 g/mol. The van der Waals surface area contributed by atoms with Crippen molar-refractivity contribution >= 4 is 5.91 Å². The van der Waals surface area contributed by atoms with E-state index >= 15 is 0 Å². The van der Waals surface area contributed by atoms with Gasteiger partial charge in [-0.15, -0.1) is 0 Å². The number of hydrogen-bond donors (Lipinski definition) is 1. The predicted molar refractivity (Wildman–Crippen MR) is 100 cm³/mol. The molecule has 1 saturated heterocycles. The fraction of sp³-hybridized carbons (Fsp3) is 0.600. The minimum absolute atomic E-state index is 0.0992. The maximum absolute atomic E-state index is 12.5. The van der Waals surface area contributed by atoms with Gasteiger partial charge in [0.05, 0.1) is 0 Å². The standard InChI is InChI=1S/C20H27N5O2/c26-20(16-5-10-21-11-6-16)25-13-8-17(9-14-25)22-12-7-18-23-19(27-24-18)15-3-1-2-4-15/h5-6,10-11,15,17,22H,1-4,7-9,12-14H2. The van der Waals surface area contributed by atoms with Crippen LogP contribution >= 0.6 is 0 Å². The van der Waals surface area contributed by atoms with Crippen molar-refractivity contribution in [3.8, 4) is 0 Å². The van der Waals surface area contributed by atoms with Gasteiger partial charge in [-0.3, -0.25) is 9.78 Å². The van der Waals surface area contributed by atoms with Gasteiger partial charge in [0.25, 0.3) is 5.91 Å². The first-order valence-corrected chi connectivity index (χ1v) is 10.0. The monoisotopic (exact) mass is 369 g/mol. The molecule has 7 heteroatoms. The molecule has 1 N–H and O–H groups in total. The van der Waals surface area contributed by atoms with Crippen LogP contribution in [0.2, 0.25) is 0 Å². The fourth-order valence-corrected chi connectivity index (χ4v) is 4.06. The third-order valence-electron chi connectivity index (χ3n) is 5.68. The highest BCUT2D eigenvalue weighted by Gasteiger charge is 2.24. The Bertz CT molecular complexity index is 734. The van der Waals surface area contributed by atoms with Crippen LogP contribution < -0.4 is 5.32 Å². The number of piperidine rings is 1. The molecule has 1 amide bonds. The number of amides is 1. The molecule has 2 aromatic heterocycles. The van der Waals surface area contributed by atoms with E-state index in [0.29, 0.717) is 17.5 Å². The van der Waals surface area contributed by atoms with Crippen molar-refractivity contribution in [2.24, 2.45) is 0 Å². The summed E-state index contributed by atoms with van der Waals surface area (Å²) >= 11 is 0. The molecule has 4 rings (SSSR count). The van der Waals surface area contributed by atoms with Crippen molar-refractivity contribution < 1.29 is 9.32 Å². The van der Waals surface area contributed by atoms with E-state index in [1.165, 1.54) is 25.7 Å². The molecule has 0 aromatic carbocycles. The Morgan fingerprint density at radius 1 is 1.15 bits per heavy atom. The first-order valence-electron chi connectivity index (χ1n) is 10.0. The van der Waals surface area contributed by atoms with Crippen LogP contribution in [0.3, 0.4) is 0 Å². The van der Waals surface area contributed by atoms with Crippen LogP contribution in [0, 0.1) is 0 Å². The van der Waals surface area contributed by atoms with E-state index in [4.69, 9.17) is 4.52 Å². The van der Waals surface area contributed by atoms with Crippen LogP contribution in [-0.2, 0) is 6.42 Å². The Morgan fingerprint density at radius 3 is 2.63 bits per heavy atom. The van der Waals surface area contributed by atoms with Crippen LogP contribution in [0.4, 0.5) is 0 Å². The van der Waals surface area contributed by atoms with Crippen molar-refractivity contribution in [1.29, 1.82) is 0 Å². The summed E-state index contributed by atoms with van der Waals surface area (Å²) in [4.78, 5) is 22.9. The van der Waals surface area contributed by atoms with E-state index in [-0.39, 0.29) is 5.91 Å². The normalized spacial score (nSPS) is 18.9. The van der Waals surface area contributed by atoms with Crippen LogP contribution in [-0.4, -0.2) is 51.6 Å². The number of pyridine rings is 1. The molecular formula is C20H27N5O2. The summed E-state index contributed by atoms with van der Waals surface area (Å²) in [7, 11) is 0. The lowest BCUT2D eigenvalue weighted by Gasteiger charge is -2.32. The summed E-state index contributed by atoms with van der Waals surface area (Å²) in [6.07, 6.45) is 10.9. The Morgan fingerprint density at radius 2 is 1.89 bits per heavy atom. The van der Waals surface area contributed by atoms with Crippen LogP contribution in [0.5, 0.6) is 0 Å². The van der Waals surface area contributed by atoms with Gasteiger partial charge < -0.3 is 14.7 Å². The minimum atomic E-state index is 0.0992. The molecule has 2 fully saturated rings. The Kier molecular flexibility index (Phi) is 5.77. The maximum atomic E-state index is 12.5. The van der Waals surface area contributed by atoms with Gasteiger partial charge >= 0.3 is 0 Å². The lowest BCUT2D eigenvalue weighted by molar-refractivity contribution is 0.0705. The number of hydrogen-bond acceptors (Lipinski definition) is 6. The lowest BCUT2D eigenvalue weighted by atomic mass is 10.0. The number of nitrogens with zero attached hydrogens (tertiary/aromatic N) is 4. The Balaban J connectivity index is 1.18. The summed E-state index contributed by atoms with van der Waals surface area (Å²) in [6.45, 7) is 2.41. The van der Waals surface area contributed by atoms with Crippen LogP contribution in [0.1, 0.15) is 66.5 Å². The van der Waals surface area contributed by atoms with Gasteiger partial charge in [-0.2, -0.15) is 4.98 Å². The number of likely N-dealkylation sites (tertiary alicyclic amines) is 1. The van der Waals surface area contributed by atoms with Crippen molar-refractivity contribution in [2.45, 2.75) is 56.9 Å². The molecule has 0 spiro atoms. The quantitative estimate of drug-likeness (QED) is 0.842. The second-order valence-corrected chi connectivity index (χ2v) is 7.54. The third kappa shape index (κ3) is 4.53. The SMILES string of the molecule is O=C(c1ccncc1)N1CCC(NCCc2noc(C3CCCC3)n2)CC1. The number of carbonyl (C=O) groups is 1. The van der Waals surface area contributed by atoms with Gasteiger partial charge in [0.2, 0.25) is 5.89 Å². The zero-order valence-electron chi connectivity index (χ0n) is 15.6. The van der Waals surface area contributed by atoms with E-state index < -0.39 is 0 Å². The molecule has 0 unspecified atom stereocenters. The van der Waals surface area contributed by atoms with Gasteiger partial charge in [-0.1, -0.05) is 18.0 Å². The minimum Gasteiger partial charge on any atom is -0.339 e. The van der Waals surface area contributed by atoms with Gasteiger partial charge in [-0.25, -0.2) is 0 Å². The van der Waals surface area contributed by atoms with Crippen LogP contribution in [0.25, 0.3) is 0 Å². The molecule has 3 heterocycles. The second-order valence-electron chi connectivity index (χ2n) is 7.54. The van der Waals surface area contributed by atoms with E-state index in [2.05, 4.69) is 20.4 Å². The highest BCUT2D eigenvalue weighted by Crippen LogP contribution is 2.32. The molecule has 0 radical (unpaired) electrons. The number of carbonyl (C=O) groups excluding carboxylic acids is 1. The average molecular weight is 369 g/mol. The smallest absolute Gasteiger partial charge is 0.253 e. The molecule has 1 aliphatic carbocycles. The van der Waals surface area contributed by atoms with Gasteiger partial charge in [-0.05, 0) is 37.8 Å². The van der Waals surface area contributed by atoms with Crippen molar-refractivity contribution in [3.05, 3.63) is 41.8 Å². The zero-order chi connectivity index (χ0) is 18.5.